The highest BCUT2D eigenvalue weighted by Gasteiger charge is 2.41. The Labute approximate surface area is 181 Å². The van der Waals surface area contributed by atoms with Crippen LogP contribution in [0.5, 0.6) is 5.75 Å². The topological polar surface area (TPSA) is 54.5 Å². The Kier molecular flexibility index (Phi) is 5.73. The molecule has 9 heteroatoms. The number of halogens is 4. The molecule has 160 valence electrons. The van der Waals surface area contributed by atoms with Crippen molar-refractivity contribution in [3.05, 3.63) is 88.7 Å². The number of carbonyl (C=O) groups is 1. The number of nitrogens with zero attached hydrogens (tertiary/aromatic N) is 2. The van der Waals surface area contributed by atoms with Crippen molar-refractivity contribution in [1.29, 1.82) is 0 Å². The number of anilines is 1. The van der Waals surface area contributed by atoms with Crippen LogP contribution in [0.25, 0.3) is 0 Å². The van der Waals surface area contributed by atoms with E-state index < -0.39 is 24.8 Å². The highest BCUT2D eigenvalue weighted by Crippen LogP contribution is 2.39. The number of ether oxygens (including phenoxy) is 1. The second kappa shape index (κ2) is 8.47. The Hall–Kier alpha value is -3.26. The number of pyridine rings is 1. The summed E-state index contributed by atoms with van der Waals surface area (Å²) in [7, 11) is 0. The number of benzene rings is 2. The maximum atomic E-state index is 13.3. The lowest BCUT2D eigenvalue weighted by Crippen LogP contribution is -2.47. The quantitative estimate of drug-likeness (QED) is 0.565. The lowest BCUT2D eigenvalue weighted by atomic mass is 10.0. The van der Waals surface area contributed by atoms with E-state index in [1.165, 1.54) is 12.1 Å². The molecule has 1 aliphatic rings. The minimum Gasteiger partial charge on any atom is -0.488 e. The molecule has 4 rings (SSSR count). The molecular weight excluding hydrogens is 431 g/mol. The first-order chi connectivity index (χ1) is 14.8. The Balaban J connectivity index is 1.73. The lowest BCUT2D eigenvalue weighted by molar-refractivity contribution is -0.144. The van der Waals surface area contributed by atoms with E-state index in [0.717, 1.165) is 10.5 Å². The van der Waals surface area contributed by atoms with Gasteiger partial charge in [0.2, 0.25) is 0 Å². The molecule has 0 fully saturated rings. The Morgan fingerprint density at radius 2 is 1.94 bits per heavy atom. The minimum atomic E-state index is -4.59. The van der Waals surface area contributed by atoms with E-state index in [1.54, 1.807) is 48.8 Å². The van der Waals surface area contributed by atoms with Crippen LogP contribution in [0.4, 0.5) is 18.9 Å². The molecule has 2 aromatic carbocycles. The number of fused-ring (bicyclic) bond motifs is 1. The molecule has 3 aromatic rings. The van der Waals surface area contributed by atoms with Gasteiger partial charge in [0.25, 0.3) is 5.91 Å². The second-order valence-corrected chi connectivity index (χ2v) is 7.41. The zero-order chi connectivity index (χ0) is 22.0. The fraction of sp³-hybridized carbons (Fsp3) is 0.182. The van der Waals surface area contributed by atoms with Gasteiger partial charge in [0.1, 0.15) is 25.1 Å². The van der Waals surface area contributed by atoms with Crippen LogP contribution >= 0.6 is 11.6 Å². The SMILES string of the molecule is O=C1c2ccccc2NC(c2cc(Cl)ccc2OCc2cccnc2)N1CC(F)(F)F. The van der Waals surface area contributed by atoms with Gasteiger partial charge in [-0.05, 0) is 36.4 Å². The molecule has 31 heavy (non-hydrogen) atoms. The van der Waals surface area contributed by atoms with Crippen LogP contribution in [0, 0.1) is 0 Å². The third-order valence-electron chi connectivity index (χ3n) is 4.76. The number of hydrogen-bond donors (Lipinski definition) is 1. The van der Waals surface area contributed by atoms with Crippen molar-refractivity contribution < 1.29 is 22.7 Å². The van der Waals surface area contributed by atoms with Gasteiger partial charge in [-0.15, -0.1) is 0 Å². The molecule has 1 atom stereocenters. The Bertz CT molecular complexity index is 1090. The van der Waals surface area contributed by atoms with Crippen molar-refractivity contribution in [3.8, 4) is 5.75 Å². The molecule has 0 aliphatic carbocycles. The van der Waals surface area contributed by atoms with Crippen molar-refractivity contribution in [2.45, 2.75) is 18.9 Å². The summed E-state index contributed by atoms with van der Waals surface area (Å²) in [6.07, 6.45) is -2.45. The smallest absolute Gasteiger partial charge is 0.406 e. The summed E-state index contributed by atoms with van der Waals surface area (Å²) >= 11 is 6.15. The average Bonchev–Trinajstić information content (AvgIpc) is 2.75. The highest BCUT2D eigenvalue weighted by atomic mass is 35.5. The molecule has 0 radical (unpaired) electrons. The van der Waals surface area contributed by atoms with Gasteiger partial charge in [0.15, 0.2) is 0 Å². The van der Waals surface area contributed by atoms with Crippen LogP contribution < -0.4 is 10.1 Å². The second-order valence-electron chi connectivity index (χ2n) is 6.97. The molecule has 1 aliphatic heterocycles. The number of amides is 1. The van der Waals surface area contributed by atoms with Crippen LogP contribution in [0.2, 0.25) is 5.02 Å². The summed E-state index contributed by atoms with van der Waals surface area (Å²) in [5.41, 5.74) is 1.72. The van der Waals surface area contributed by atoms with Gasteiger partial charge in [0, 0.05) is 34.2 Å². The van der Waals surface area contributed by atoms with Crippen molar-refractivity contribution in [3.63, 3.8) is 0 Å². The third-order valence-corrected chi connectivity index (χ3v) is 4.99. The standard InChI is InChI=1S/C22H17ClF3N3O2/c23-15-7-8-19(31-12-14-4-3-9-27-11-14)17(10-15)20-28-18-6-2-1-5-16(18)21(30)29(20)13-22(24,25)26/h1-11,20,28H,12-13H2. The fourth-order valence-corrected chi connectivity index (χ4v) is 3.58. The van der Waals surface area contributed by atoms with E-state index >= 15 is 0 Å². The van der Waals surface area contributed by atoms with Crippen molar-refractivity contribution in [1.82, 2.24) is 9.88 Å². The molecular formula is C22H17ClF3N3O2. The number of nitrogens with one attached hydrogen (secondary N) is 1. The maximum Gasteiger partial charge on any atom is 0.406 e. The number of rotatable bonds is 5. The van der Waals surface area contributed by atoms with Gasteiger partial charge in [0.05, 0.1) is 5.56 Å². The van der Waals surface area contributed by atoms with Crippen molar-refractivity contribution in [2.24, 2.45) is 0 Å². The largest absolute Gasteiger partial charge is 0.488 e. The maximum absolute atomic E-state index is 13.3. The van der Waals surface area contributed by atoms with E-state index in [9.17, 15) is 18.0 Å². The van der Waals surface area contributed by atoms with Crippen LogP contribution in [0.3, 0.4) is 0 Å². The average molecular weight is 448 g/mol. The van der Waals surface area contributed by atoms with E-state index in [0.29, 0.717) is 22.0 Å². The summed E-state index contributed by atoms with van der Waals surface area (Å²) in [6.45, 7) is -1.27. The molecule has 5 nitrogen and oxygen atoms in total. The lowest BCUT2D eigenvalue weighted by Gasteiger charge is -2.39. The molecule has 1 unspecified atom stereocenters. The predicted octanol–water partition coefficient (Wildman–Crippen LogP) is 5.44. The van der Waals surface area contributed by atoms with E-state index in [4.69, 9.17) is 16.3 Å². The van der Waals surface area contributed by atoms with Crippen LogP contribution in [-0.4, -0.2) is 28.5 Å². The Morgan fingerprint density at radius 1 is 1.13 bits per heavy atom. The minimum absolute atomic E-state index is 0.152. The van der Waals surface area contributed by atoms with Crippen LogP contribution in [0.1, 0.15) is 27.7 Å². The number of alkyl halides is 3. The zero-order valence-electron chi connectivity index (χ0n) is 16.1. The fourth-order valence-electron chi connectivity index (χ4n) is 3.40. The van der Waals surface area contributed by atoms with Crippen LogP contribution in [0.15, 0.2) is 67.0 Å². The first kappa shape index (κ1) is 21.0. The number of carbonyl (C=O) groups excluding carboxylic acids is 1. The van der Waals surface area contributed by atoms with Gasteiger partial charge in [-0.1, -0.05) is 29.8 Å². The zero-order valence-corrected chi connectivity index (χ0v) is 16.8. The van der Waals surface area contributed by atoms with Crippen molar-refractivity contribution in [2.75, 3.05) is 11.9 Å². The molecule has 0 saturated heterocycles. The van der Waals surface area contributed by atoms with Gasteiger partial charge in [-0.2, -0.15) is 13.2 Å². The molecule has 2 heterocycles. The summed E-state index contributed by atoms with van der Waals surface area (Å²) in [6, 6.07) is 14.7. The van der Waals surface area contributed by atoms with E-state index in [1.807, 2.05) is 6.07 Å². The summed E-state index contributed by atoms with van der Waals surface area (Å²) < 4.78 is 45.9. The normalized spacial score (nSPS) is 15.9. The molecule has 0 bridgehead atoms. The van der Waals surface area contributed by atoms with E-state index in [-0.39, 0.29) is 12.2 Å². The van der Waals surface area contributed by atoms with Gasteiger partial charge < -0.3 is 15.0 Å². The summed E-state index contributed by atoms with van der Waals surface area (Å²) in [5, 5.41) is 3.35. The predicted molar refractivity (Wildman–Crippen MR) is 110 cm³/mol. The molecule has 0 spiro atoms. The van der Waals surface area contributed by atoms with Crippen molar-refractivity contribution >= 4 is 23.2 Å². The van der Waals surface area contributed by atoms with Gasteiger partial charge >= 0.3 is 6.18 Å². The number of para-hydroxylation sites is 1. The summed E-state index contributed by atoms with van der Waals surface area (Å²) in [4.78, 5) is 17.7. The highest BCUT2D eigenvalue weighted by molar-refractivity contribution is 6.30. The third kappa shape index (κ3) is 4.74. The Morgan fingerprint density at radius 3 is 2.68 bits per heavy atom. The molecule has 0 saturated carbocycles. The monoisotopic (exact) mass is 447 g/mol. The first-order valence-electron chi connectivity index (χ1n) is 9.36. The molecule has 1 N–H and O–H groups in total. The number of aromatic nitrogens is 1. The van der Waals surface area contributed by atoms with Gasteiger partial charge in [-0.25, -0.2) is 0 Å². The first-order valence-corrected chi connectivity index (χ1v) is 9.74. The molecule has 1 amide bonds. The number of hydrogen-bond acceptors (Lipinski definition) is 4. The summed E-state index contributed by atoms with van der Waals surface area (Å²) in [5.74, 6) is -0.417. The molecule has 1 aromatic heterocycles. The van der Waals surface area contributed by atoms with Crippen LogP contribution in [-0.2, 0) is 6.61 Å². The van der Waals surface area contributed by atoms with Gasteiger partial charge in [-0.3, -0.25) is 9.78 Å². The van der Waals surface area contributed by atoms with E-state index in [2.05, 4.69) is 10.3 Å².